The lowest BCUT2D eigenvalue weighted by molar-refractivity contribution is 0.471. The van der Waals surface area contributed by atoms with E-state index in [1.165, 1.54) is 4.90 Å². The van der Waals surface area contributed by atoms with Crippen molar-refractivity contribution in [2.24, 2.45) is 5.73 Å². The summed E-state index contributed by atoms with van der Waals surface area (Å²) < 4.78 is 6.91. The monoisotopic (exact) mass is 337 g/mol. The molecule has 2 rings (SSSR count). The van der Waals surface area contributed by atoms with Gasteiger partial charge in [-0.25, -0.2) is 0 Å². The molecule has 1 atom stereocenters. The van der Waals surface area contributed by atoms with Crippen LogP contribution in [0.1, 0.15) is 18.5 Å². The van der Waals surface area contributed by atoms with Crippen LogP contribution in [-0.2, 0) is 0 Å². The number of ether oxygens (including phenoxy) is 1. The summed E-state index contributed by atoms with van der Waals surface area (Å²) >= 11 is 5.17. The Balaban J connectivity index is 2.28. The second-order valence-electron chi connectivity index (χ2n) is 4.25. The van der Waals surface area contributed by atoms with Gasteiger partial charge in [-0.05, 0) is 49.6 Å². The Morgan fingerprint density at radius 1 is 1.16 bits per heavy atom. The third-order valence-electron chi connectivity index (χ3n) is 2.75. The van der Waals surface area contributed by atoms with Crippen molar-refractivity contribution in [2.45, 2.75) is 17.9 Å². The lowest BCUT2D eigenvalue weighted by Crippen LogP contribution is -2.06. The fourth-order valence-electron chi connectivity index (χ4n) is 1.74. The summed E-state index contributed by atoms with van der Waals surface area (Å²) in [4.78, 5) is 1.22. The van der Waals surface area contributed by atoms with Gasteiger partial charge in [-0.15, -0.1) is 11.8 Å². The summed E-state index contributed by atoms with van der Waals surface area (Å²) in [5, 5.41) is 0. The zero-order valence-electron chi connectivity index (χ0n) is 10.9. The molecule has 0 aliphatic rings. The van der Waals surface area contributed by atoms with Crippen LogP contribution in [0.15, 0.2) is 51.8 Å². The average molecular weight is 338 g/mol. The van der Waals surface area contributed by atoms with Gasteiger partial charge < -0.3 is 10.5 Å². The molecule has 0 aliphatic carbocycles. The highest BCUT2D eigenvalue weighted by atomic mass is 79.9. The Labute approximate surface area is 126 Å². The maximum Gasteiger partial charge on any atom is 0.133 e. The first-order valence-electron chi connectivity index (χ1n) is 5.97. The quantitative estimate of drug-likeness (QED) is 0.798. The van der Waals surface area contributed by atoms with Gasteiger partial charge in [0.05, 0.1) is 0 Å². The van der Waals surface area contributed by atoms with Crippen molar-refractivity contribution in [1.29, 1.82) is 0 Å². The molecule has 2 N–H and O–H groups in total. The van der Waals surface area contributed by atoms with E-state index in [2.05, 4.69) is 22.2 Å². The molecule has 0 amide bonds. The largest absolute Gasteiger partial charge is 0.457 e. The number of thioether (sulfide) groups is 1. The molecule has 0 saturated carbocycles. The van der Waals surface area contributed by atoms with Crippen LogP contribution in [0.25, 0.3) is 0 Å². The number of nitrogens with two attached hydrogens (primary N) is 1. The minimum atomic E-state index is -0.0615. The molecule has 19 heavy (non-hydrogen) atoms. The molecule has 100 valence electrons. The molecule has 1 unspecified atom stereocenters. The molecule has 2 aromatic carbocycles. The fourth-order valence-corrected chi connectivity index (χ4v) is 2.49. The molecule has 2 nitrogen and oxygen atoms in total. The van der Waals surface area contributed by atoms with Crippen molar-refractivity contribution in [3.63, 3.8) is 0 Å². The van der Waals surface area contributed by atoms with Crippen LogP contribution in [0.5, 0.6) is 11.5 Å². The van der Waals surface area contributed by atoms with Gasteiger partial charge in [0.1, 0.15) is 11.5 Å². The van der Waals surface area contributed by atoms with E-state index in [9.17, 15) is 0 Å². The molecule has 0 heterocycles. The highest BCUT2D eigenvalue weighted by Gasteiger charge is 2.09. The molecule has 0 aliphatic heterocycles. The molecule has 0 radical (unpaired) electrons. The standard InChI is InChI=1S/C15H16BrNOS/c1-10(17)14-8-3-11(16)9-15(14)18-12-4-6-13(19-2)7-5-12/h3-10H,17H2,1-2H3. The summed E-state index contributed by atoms with van der Waals surface area (Å²) in [6.45, 7) is 1.95. The van der Waals surface area contributed by atoms with Crippen molar-refractivity contribution < 1.29 is 4.74 Å². The van der Waals surface area contributed by atoms with Gasteiger partial charge in [0.2, 0.25) is 0 Å². The Morgan fingerprint density at radius 3 is 2.42 bits per heavy atom. The molecule has 0 saturated heterocycles. The Kier molecular flexibility index (Phi) is 4.91. The third kappa shape index (κ3) is 3.75. The van der Waals surface area contributed by atoms with Crippen LogP contribution in [0.2, 0.25) is 0 Å². The second kappa shape index (κ2) is 6.46. The van der Waals surface area contributed by atoms with E-state index in [0.29, 0.717) is 0 Å². The Bertz CT molecular complexity index is 555. The maximum atomic E-state index is 5.97. The van der Waals surface area contributed by atoms with Gasteiger partial charge in [-0.3, -0.25) is 0 Å². The minimum Gasteiger partial charge on any atom is -0.457 e. The zero-order chi connectivity index (χ0) is 13.8. The summed E-state index contributed by atoms with van der Waals surface area (Å²) in [6.07, 6.45) is 2.05. The number of hydrogen-bond donors (Lipinski definition) is 1. The number of halogens is 1. The van der Waals surface area contributed by atoms with Crippen molar-refractivity contribution in [1.82, 2.24) is 0 Å². The van der Waals surface area contributed by atoms with Gasteiger partial charge in [0.25, 0.3) is 0 Å². The van der Waals surface area contributed by atoms with E-state index in [1.807, 2.05) is 49.4 Å². The molecular formula is C15H16BrNOS. The van der Waals surface area contributed by atoms with Gasteiger partial charge in [-0.1, -0.05) is 22.0 Å². The van der Waals surface area contributed by atoms with Gasteiger partial charge in [0.15, 0.2) is 0 Å². The van der Waals surface area contributed by atoms with Crippen LogP contribution >= 0.6 is 27.7 Å². The highest BCUT2D eigenvalue weighted by Crippen LogP contribution is 2.32. The number of hydrogen-bond acceptors (Lipinski definition) is 3. The average Bonchev–Trinajstić information content (AvgIpc) is 2.39. The number of rotatable bonds is 4. The number of benzene rings is 2. The fraction of sp³-hybridized carbons (Fsp3) is 0.200. The van der Waals surface area contributed by atoms with E-state index in [0.717, 1.165) is 21.5 Å². The normalized spacial score (nSPS) is 12.2. The smallest absolute Gasteiger partial charge is 0.133 e. The summed E-state index contributed by atoms with van der Waals surface area (Å²) in [5.74, 6) is 1.61. The van der Waals surface area contributed by atoms with Gasteiger partial charge in [-0.2, -0.15) is 0 Å². The van der Waals surface area contributed by atoms with Crippen molar-refractivity contribution in [3.8, 4) is 11.5 Å². The second-order valence-corrected chi connectivity index (χ2v) is 6.04. The first-order chi connectivity index (χ1) is 9.10. The summed E-state index contributed by atoms with van der Waals surface area (Å²) in [7, 11) is 0. The van der Waals surface area contributed by atoms with Crippen LogP contribution in [0, 0.1) is 0 Å². The van der Waals surface area contributed by atoms with Crippen LogP contribution in [0.4, 0.5) is 0 Å². The predicted molar refractivity (Wildman–Crippen MR) is 85.0 cm³/mol. The zero-order valence-corrected chi connectivity index (χ0v) is 13.3. The van der Waals surface area contributed by atoms with Crippen molar-refractivity contribution in [2.75, 3.05) is 6.26 Å². The highest BCUT2D eigenvalue weighted by molar-refractivity contribution is 9.10. The predicted octanol–water partition coefficient (Wildman–Crippen LogP) is 4.98. The van der Waals surface area contributed by atoms with Crippen molar-refractivity contribution in [3.05, 3.63) is 52.5 Å². The van der Waals surface area contributed by atoms with Crippen LogP contribution in [-0.4, -0.2) is 6.26 Å². The summed E-state index contributed by atoms with van der Waals surface area (Å²) in [6, 6.07) is 13.9. The SMILES string of the molecule is CSc1ccc(Oc2cc(Br)ccc2C(C)N)cc1. The lowest BCUT2D eigenvalue weighted by atomic mass is 10.1. The van der Waals surface area contributed by atoms with Crippen LogP contribution < -0.4 is 10.5 Å². The Hall–Kier alpha value is -0.970. The van der Waals surface area contributed by atoms with E-state index >= 15 is 0 Å². The Morgan fingerprint density at radius 2 is 1.84 bits per heavy atom. The summed E-state index contributed by atoms with van der Waals surface area (Å²) in [5.41, 5.74) is 6.96. The van der Waals surface area contributed by atoms with E-state index in [1.54, 1.807) is 11.8 Å². The topological polar surface area (TPSA) is 35.2 Å². The molecule has 4 heteroatoms. The van der Waals surface area contributed by atoms with E-state index < -0.39 is 0 Å². The van der Waals surface area contributed by atoms with Gasteiger partial charge >= 0.3 is 0 Å². The van der Waals surface area contributed by atoms with Crippen LogP contribution in [0.3, 0.4) is 0 Å². The molecule has 0 fully saturated rings. The molecule has 0 aromatic heterocycles. The first-order valence-corrected chi connectivity index (χ1v) is 7.99. The lowest BCUT2D eigenvalue weighted by Gasteiger charge is -2.14. The van der Waals surface area contributed by atoms with E-state index in [-0.39, 0.29) is 6.04 Å². The third-order valence-corrected chi connectivity index (χ3v) is 3.99. The molecule has 2 aromatic rings. The molecule has 0 bridgehead atoms. The van der Waals surface area contributed by atoms with E-state index in [4.69, 9.17) is 10.5 Å². The van der Waals surface area contributed by atoms with Gasteiger partial charge in [0, 0.05) is 21.0 Å². The molecule has 0 spiro atoms. The minimum absolute atomic E-state index is 0.0615. The maximum absolute atomic E-state index is 5.97. The van der Waals surface area contributed by atoms with Crippen molar-refractivity contribution >= 4 is 27.7 Å². The molecular weight excluding hydrogens is 322 g/mol. The first kappa shape index (κ1) is 14.4.